The van der Waals surface area contributed by atoms with Gasteiger partial charge in [0.1, 0.15) is 5.52 Å². The van der Waals surface area contributed by atoms with Gasteiger partial charge < -0.3 is 9.73 Å². The van der Waals surface area contributed by atoms with E-state index in [1.807, 2.05) is 25.1 Å². The molecule has 1 aliphatic heterocycles. The molecule has 100 valence electrons. The van der Waals surface area contributed by atoms with E-state index in [-0.39, 0.29) is 11.9 Å². The molecule has 2 N–H and O–H groups in total. The topological polar surface area (TPSA) is 67.2 Å². The maximum Gasteiger partial charge on any atom is 0.242 e. The lowest BCUT2D eigenvalue weighted by molar-refractivity contribution is -0.117. The molecule has 0 saturated carbocycles. The Morgan fingerprint density at radius 3 is 3.26 bits per heavy atom. The molecule has 1 aromatic heterocycles. The van der Waals surface area contributed by atoms with Gasteiger partial charge in [0.2, 0.25) is 5.91 Å². The van der Waals surface area contributed by atoms with E-state index in [0.717, 1.165) is 34.8 Å². The van der Waals surface area contributed by atoms with Crippen molar-refractivity contribution in [3.63, 3.8) is 0 Å². The predicted molar refractivity (Wildman–Crippen MR) is 76.3 cm³/mol. The van der Waals surface area contributed by atoms with Gasteiger partial charge in [0.15, 0.2) is 11.5 Å². The highest BCUT2D eigenvalue weighted by atomic mass is 32.2. The molecule has 1 aliphatic rings. The monoisotopic (exact) mass is 277 g/mol. The third-order valence-electron chi connectivity index (χ3n) is 3.03. The minimum absolute atomic E-state index is 0.00330. The number of anilines is 1. The zero-order chi connectivity index (χ0) is 13.2. The van der Waals surface area contributed by atoms with Crippen LogP contribution in [0.25, 0.3) is 11.1 Å². The van der Waals surface area contributed by atoms with Crippen LogP contribution in [0.5, 0.6) is 0 Å². The average molecular weight is 277 g/mol. The number of aromatic nitrogens is 1. The number of carbonyl (C=O) groups excluding carboxylic acids is 1. The Hall–Kier alpha value is -1.53. The third kappa shape index (κ3) is 2.59. The van der Waals surface area contributed by atoms with Crippen LogP contribution in [0, 0.1) is 0 Å². The van der Waals surface area contributed by atoms with Crippen molar-refractivity contribution in [1.29, 1.82) is 0 Å². The fourth-order valence-corrected chi connectivity index (χ4v) is 2.94. The largest absolute Gasteiger partial charge is 0.441 e. The van der Waals surface area contributed by atoms with Crippen molar-refractivity contribution >= 4 is 34.5 Å². The van der Waals surface area contributed by atoms with Crippen molar-refractivity contribution in [2.45, 2.75) is 19.4 Å². The van der Waals surface area contributed by atoms with Gasteiger partial charge in [0.05, 0.1) is 6.04 Å². The Balaban J connectivity index is 1.78. The van der Waals surface area contributed by atoms with E-state index in [9.17, 15) is 4.79 Å². The Bertz CT molecular complexity index is 605. The first-order valence-corrected chi connectivity index (χ1v) is 7.43. The molecule has 1 amide bonds. The van der Waals surface area contributed by atoms with Crippen molar-refractivity contribution in [3.8, 4) is 0 Å². The molecule has 19 heavy (non-hydrogen) atoms. The quantitative estimate of drug-likeness (QED) is 0.898. The zero-order valence-electron chi connectivity index (χ0n) is 10.6. The van der Waals surface area contributed by atoms with Gasteiger partial charge in [-0.3, -0.25) is 10.1 Å². The standard InChI is InChI=1S/C13H15N3O2S/c1-2-12-16-9-5-8(3-4-11(9)18-12)15-13(17)10-6-19-7-14-10/h3-5,10,14H,2,6-7H2,1H3,(H,15,17). The zero-order valence-corrected chi connectivity index (χ0v) is 11.4. The van der Waals surface area contributed by atoms with Crippen LogP contribution in [0.1, 0.15) is 12.8 Å². The summed E-state index contributed by atoms with van der Waals surface area (Å²) in [4.78, 5) is 16.3. The van der Waals surface area contributed by atoms with E-state index in [2.05, 4.69) is 15.6 Å². The second kappa shape index (κ2) is 5.22. The van der Waals surface area contributed by atoms with Gasteiger partial charge in [-0.25, -0.2) is 4.98 Å². The molecular formula is C13H15N3O2S. The van der Waals surface area contributed by atoms with Gasteiger partial charge in [-0.15, -0.1) is 11.8 Å². The first-order valence-electron chi connectivity index (χ1n) is 6.27. The second-order valence-corrected chi connectivity index (χ2v) is 5.44. The van der Waals surface area contributed by atoms with E-state index in [1.54, 1.807) is 11.8 Å². The van der Waals surface area contributed by atoms with Crippen LogP contribution in [-0.2, 0) is 11.2 Å². The lowest BCUT2D eigenvalue weighted by Gasteiger charge is -2.10. The van der Waals surface area contributed by atoms with Crippen LogP contribution < -0.4 is 10.6 Å². The van der Waals surface area contributed by atoms with Crippen LogP contribution in [-0.4, -0.2) is 28.6 Å². The summed E-state index contributed by atoms with van der Waals surface area (Å²) >= 11 is 1.73. The smallest absolute Gasteiger partial charge is 0.242 e. The summed E-state index contributed by atoms with van der Waals surface area (Å²) in [5.74, 6) is 2.37. The number of hydrogen-bond donors (Lipinski definition) is 2. The number of oxazole rings is 1. The first-order chi connectivity index (χ1) is 9.26. The summed E-state index contributed by atoms with van der Waals surface area (Å²) < 4.78 is 5.54. The summed E-state index contributed by atoms with van der Waals surface area (Å²) in [6.45, 7) is 2.00. The van der Waals surface area contributed by atoms with E-state index < -0.39 is 0 Å². The fourth-order valence-electron chi connectivity index (χ4n) is 2.00. The van der Waals surface area contributed by atoms with Crippen LogP contribution in [0.15, 0.2) is 22.6 Å². The Morgan fingerprint density at radius 2 is 2.53 bits per heavy atom. The SMILES string of the molecule is CCc1nc2cc(NC(=O)C3CSCN3)ccc2o1. The molecule has 0 aliphatic carbocycles. The molecule has 3 rings (SSSR count). The molecule has 0 spiro atoms. The number of amides is 1. The highest BCUT2D eigenvalue weighted by Crippen LogP contribution is 2.21. The highest BCUT2D eigenvalue weighted by molar-refractivity contribution is 7.99. The van der Waals surface area contributed by atoms with Crippen molar-refractivity contribution in [1.82, 2.24) is 10.3 Å². The third-order valence-corrected chi connectivity index (χ3v) is 3.97. The molecule has 1 saturated heterocycles. The maximum absolute atomic E-state index is 12.0. The summed E-state index contributed by atoms with van der Waals surface area (Å²) in [5, 5.41) is 6.05. The second-order valence-electron chi connectivity index (χ2n) is 4.40. The Morgan fingerprint density at radius 1 is 1.63 bits per heavy atom. The molecule has 0 bridgehead atoms. The van der Waals surface area contributed by atoms with Crippen LogP contribution in [0.2, 0.25) is 0 Å². The lowest BCUT2D eigenvalue weighted by atomic mass is 10.2. The summed E-state index contributed by atoms with van der Waals surface area (Å²) in [6, 6.07) is 5.42. The van der Waals surface area contributed by atoms with Gasteiger partial charge in [-0.2, -0.15) is 0 Å². The normalized spacial score (nSPS) is 18.9. The molecule has 1 atom stereocenters. The molecule has 2 heterocycles. The van der Waals surface area contributed by atoms with Gasteiger partial charge >= 0.3 is 0 Å². The van der Waals surface area contributed by atoms with Gasteiger partial charge in [0.25, 0.3) is 0 Å². The Kier molecular flexibility index (Phi) is 3.44. The van der Waals surface area contributed by atoms with Crippen LogP contribution in [0.3, 0.4) is 0 Å². The highest BCUT2D eigenvalue weighted by Gasteiger charge is 2.22. The van der Waals surface area contributed by atoms with Crippen molar-refractivity contribution in [2.24, 2.45) is 0 Å². The number of carbonyl (C=O) groups is 1. The van der Waals surface area contributed by atoms with Gasteiger partial charge in [-0.05, 0) is 18.2 Å². The summed E-state index contributed by atoms with van der Waals surface area (Å²) in [6.07, 6.45) is 0.763. The molecule has 6 heteroatoms. The molecule has 1 fully saturated rings. The van der Waals surface area contributed by atoms with E-state index >= 15 is 0 Å². The minimum Gasteiger partial charge on any atom is -0.441 e. The Labute approximate surface area is 115 Å². The number of thioether (sulfide) groups is 1. The van der Waals surface area contributed by atoms with Gasteiger partial charge in [0, 0.05) is 23.7 Å². The van der Waals surface area contributed by atoms with Gasteiger partial charge in [-0.1, -0.05) is 6.92 Å². The van der Waals surface area contributed by atoms with Crippen molar-refractivity contribution in [3.05, 3.63) is 24.1 Å². The lowest BCUT2D eigenvalue weighted by Crippen LogP contribution is -2.37. The maximum atomic E-state index is 12.0. The molecule has 1 unspecified atom stereocenters. The first kappa shape index (κ1) is 12.5. The molecule has 2 aromatic rings. The number of aryl methyl sites for hydroxylation is 1. The number of benzene rings is 1. The number of nitrogens with one attached hydrogen (secondary N) is 2. The fraction of sp³-hybridized carbons (Fsp3) is 0.385. The van der Waals surface area contributed by atoms with E-state index in [1.165, 1.54) is 0 Å². The molecule has 0 radical (unpaired) electrons. The van der Waals surface area contributed by atoms with E-state index in [0.29, 0.717) is 5.89 Å². The number of rotatable bonds is 3. The van der Waals surface area contributed by atoms with Crippen LogP contribution >= 0.6 is 11.8 Å². The number of fused-ring (bicyclic) bond motifs is 1. The number of nitrogens with zero attached hydrogens (tertiary/aromatic N) is 1. The molecule has 1 aromatic carbocycles. The predicted octanol–water partition coefficient (Wildman–Crippen LogP) is 1.99. The van der Waals surface area contributed by atoms with E-state index in [4.69, 9.17) is 4.42 Å². The molecule has 5 nitrogen and oxygen atoms in total. The summed E-state index contributed by atoms with van der Waals surface area (Å²) in [7, 11) is 0. The van der Waals surface area contributed by atoms with Crippen LogP contribution in [0.4, 0.5) is 5.69 Å². The average Bonchev–Trinajstić information content (AvgIpc) is 3.07. The van der Waals surface area contributed by atoms with Crippen molar-refractivity contribution in [2.75, 3.05) is 16.9 Å². The van der Waals surface area contributed by atoms with Crippen molar-refractivity contribution < 1.29 is 9.21 Å². The summed E-state index contributed by atoms with van der Waals surface area (Å²) in [5.41, 5.74) is 2.29. The number of hydrogen-bond acceptors (Lipinski definition) is 5. The minimum atomic E-state index is -0.107. The molecular weight excluding hydrogens is 262 g/mol.